The average Bonchev–Trinajstić information content (AvgIpc) is 2.46. The van der Waals surface area contributed by atoms with Crippen LogP contribution in [-0.2, 0) is 16.0 Å². The van der Waals surface area contributed by atoms with Crippen LogP contribution in [-0.4, -0.2) is 35.4 Å². The number of carbonyl (C=O) groups is 2. The molecule has 1 aromatic carbocycles. The molecule has 0 bridgehead atoms. The molecule has 1 unspecified atom stereocenters. The van der Waals surface area contributed by atoms with Crippen molar-refractivity contribution >= 4 is 12.1 Å². The van der Waals surface area contributed by atoms with Crippen molar-refractivity contribution < 1.29 is 24.2 Å². The van der Waals surface area contributed by atoms with Crippen LogP contribution in [0.4, 0.5) is 4.79 Å². The van der Waals surface area contributed by atoms with Crippen molar-refractivity contribution in [1.29, 1.82) is 0 Å². The fourth-order valence-corrected chi connectivity index (χ4v) is 1.94. The second-order valence-corrected chi connectivity index (χ2v) is 6.59. The van der Waals surface area contributed by atoms with E-state index in [0.717, 1.165) is 24.2 Å². The van der Waals surface area contributed by atoms with E-state index in [4.69, 9.17) is 9.47 Å². The molecule has 6 nitrogen and oxygen atoms in total. The first-order valence-electron chi connectivity index (χ1n) is 8.15. The summed E-state index contributed by atoms with van der Waals surface area (Å²) >= 11 is 0. The Morgan fingerprint density at radius 1 is 1.21 bits per heavy atom. The van der Waals surface area contributed by atoms with Crippen LogP contribution in [0.25, 0.3) is 0 Å². The average molecular weight is 337 g/mol. The summed E-state index contributed by atoms with van der Waals surface area (Å²) in [6, 6.07) is 6.16. The summed E-state index contributed by atoms with van der Waals surface area (Å²) in [6.45, 7) is 7.92. The second kappa shape index (κ2) is 9.15. The Kier molecular flexibility index (Phi) is 7.55. The van der Waals surface area contributed by atoms with Gasteiger partial charge >= 0.3 is 12.1 Å². The van der Waals surface area contributed by atoms with Crippen LogP contribution in [0.5, 0.6) is 5.75 Å². The molecule has 0 aliphatic carbocycles. The predicted octanol–water partition coefficient (Wildman–Crippen LogP) is 3.39. The van der Waals surface area contributed by atoms with E-state index in [-0.39, 0.29) is 6.42 Å². The van der Waals surface area contributed by atoms with E-state index in [2.05, 4.69) is 12.2 Å². The number of hydrogen-bond acceptors (Lipinski definition) is 4. The van der Waals surface area contributed by atoms with Crippen molar-refractivity contribution in [2.24, 2.45) is 0 Å². The Bertz CT molecular complexity index is 533. The van der Waals surface area contributed by atoms with Crippen molar-refractivity contribution in [2.75, 3.05) is 6.61 Å². The lowest BCUT2D eigenvalue weighted by Gasteiger charge is -2.22. The number of benzene rings is 1. The van der Waals surface area contributed by atoms with E-state index in [0.29, 0.717) is 6.61 Å². The molecule has 0 heterocycles. The molecular formula is C18H27NO5. The first-order valence-corrected chi connectivity index (χ1v) is 8.15. The lowest BCUT2D eigenvalue weighted by Crippen LogP contribution is -2.44. The van der Waals surface area contributed by atoms with Gasteiger partial charge in [-0.25, -0.2) is 9.59 Å². The summed E-state index contributed by atoms with van der Waals surface area (Å²) in [5.41, 5.74) is 0.117. The molecular weight excluding hydrogens is 310 g/mol. The third kappa shape index (κ3) is 7.85. The summed E-state index contributed by atoms with van der Waals surface area (Å²) in [4.78, 5) is 23.1. The summed E-state index contributed by atoms with van der Waals surface area (Å²) in [7, 11) is 0. The van der Waals surface area contributed by atoms with Crippen LogP contribution in [0.15, 0.2) is 24.3 Å². The Balaban J connectivity index is 2.62. The quantitative estimate of drug-likeness (QED) is 0.710. The number of carbonyl (C=O) groups excluding carboxylic acids is 1. The fraction of sp³-hybridized carbons (Fsp3) is 0.556. The first-order chi connectivity index (χ1) is 11.2. The first kappa shape index (κ1) is 19.8. The Morgan fingerprint density at radius 2 is 1.83 bits per heavy atom. The summed E-state index contributed by atoms with van der Waals surface area (Å²) in [6.07, 6.45) is 1.48. The molecule has 0 fully saturated rings. The molecule has 0 saturated carbocycles. The minimum absolute atomic E-state index is 0.170. The molecule has 1 rings (SSSR count). The highest BCUT2D eigenvalue weighted by molar-refractivity contribution is 5.80. The van der Waals surface area contributed by atoms with Crippen LogP contribution in [0.1, 0.15) is 46.1 Å². The maximum Gasteiger partial charge on any atom is 0.408 e. The predicted molar refractivity (Wildman–Crippen MR) is 91.3 cm³/mol. The van der Waals surface area contributed by atoms with E-state index in [1.54, 1.807) is 45.0 Å². The zero-order valence-corrected chi connectivity index (χ0v) is 14.8. The van der Waals surface area contributed by atoms with Crippen LogP contribution in [0.2, 0.25) is 0 Å². The highest BCUT2D eigenvalue weighted by Gasteiger charge is 2.24. The third-order valence-corrected chi connectivity index (χ3v) is 3.12. The molecule has 0 spiro atoms. The lowest BCUT2D eigenvalue weighted by molar-refractivity contribution is -0.139. The van der Waals surface area contributed by atoms with E-state index in [1.165, 1.54) is 0 Å². The Hall–Kier alpha value is -2.24. The smallest absolute Gasteiger partial charge is 0.408 e. The molecule has 134 valence electrons. The second-order valence-electron chi connectivity index (χ2n) is 6.59. The zero-order valence-electron chi connectivity index (χ0n) is 14.8. The summed E-state index contributed by atoms with van der Waals surface area (Å²) < 4.78 is 10.7. The number of ether oxygens (including phenoxy) is 2. The monoisotopic (exact) mass is 337 g/mol. The van der Waals surface area contributed by atoms with Gasteiger partial charge in [0.15, 0.2) is 0 Å². The molecule has 0 aliphatic heterocycles. The van der Waals surface area contributed by atoms with Gasteiger partial charge in [0.25, 0.3) is 0 Å². The number of alkyl carbamates (subject to hydrolysis) is 1. The van der Waals surface area contributed by atoms with Crippen LogP contribution in [0, 0.1) is 0 Å². The molecule has 1 amide bonds. The number of amides is 1. The van der Waals surface area contributed by atoms with Gasteiger partial charge in [-0.1, -0.05) is 25.5 Å². The summed E-state index contributed by atoms with van der Waals surface area (Å²) in [5, 5.41) is 11.7. The van der Waals surface area contributed by atoms with Gasteiger partial charge in [0.2, 0.25) is 0 Å². The van der Waals surface area contributed by atoms with E-state index in [9.17, 15) is 14.7 Å². The van der Waals surface area contributed by atoms with Gasteiger partial charge in [-0.2, -0.15) is 0 Å². The van der Waals surface area contributed by atoms with Crippen molar-refractivity contribution in [1.82, 2.24) is 5.32 Å². The lowest BCUT2D eigenvalue weighted by atomic mass is 10.1. The van der Waals surface area contributed by atoms with Crippen molar-refractivity contribution in [2.45, 2.75) is 58.6 Å². The van der Waals surface area contributed by atoms with Gasteiger partial charge in [0.1, 0.15) is 17.4 Å². The van der Waals surface area contributed by atoms with Crippen molar-refractivity contribution in [3.63, 3.8) is 0 Å². The number of unbranched alkanes of at least 4 members (excludes halogenated alkanes) is 1. The molecule has 2 N–H and O–H groups in total. The van der Waals surface area contributed by atoms with Crippen LogP contribution in [0.3, 0.4) is 0 Å². The SMILES string of the molecule is CCCCOc1ccc(CC(NC(=O)OC(C)(C)C)C(=O)O)cc1. The number of carboxylic acids is 1. The molecule has 0 radical (unpaired) electrons. The normalized spacial score (nSPS) is 12.3. The van der Waals surface area contributed by atoms with Gasteiger partial charge in [0, 0.05) is 6.42 Å². The third-order valence-electron chi connectivity index (χ3n) is 3.12. The van der Waals surface area contributed by atoms with E-state index in [1.807, 2.05) is 0 Å². The number of aliphatic carboxylic acids is 1. The summed E-state index contributed by atoms with van der Waals surface area (Å²) in [5.74, 6) is -0.358. The minimum Gasteiger partial charge on any atom is -0.494 e. The van der Waals surface area contributed by atoms with Crippen LogP contribution >= 0.6 is 0 Å². The maximum absolute atomic E-state index is 11.7. The van der Waals surface area contributed by atoms with Gasteiger partial charge in [-0.05, 0) is 44.9 Å². The topological polar surface area (TPSA) is 84.9 Å². The van der Waals surface area contributed by atoms with Gasteiger partial charge in [0.05, 0.1) is 6.61 Å². The molecule has 6 heteroatoms. The molecule has 0 saturated heterocycles. The fourth-order valence-electron chi connectivity index (χ4n) is 1.94. The standard InChI is InChI=1S/C18H27NO5/c1-5-6-11-23-14-9-7-13(8-10-14)12-15(16(20)21)19-17(22)24-18(2,3)4/h7-10,15H,5-6,11-12H2,1-4H3,(H,19,22)(H,20,21). The molecule has 1 atom stereocenters. The maximum atomic E-state index is 11.7. The van der Waals surface area contributed by atoms with E-state index < -0.39 is 23.7 Å². The minimum atomic E-state index is -1.11. The number of rotatable bonds is 8. The van der Waals surface area contributed by atoms with E-state index >= 15 is 0 Å². The zero-order chi connectivity index (χ0) is 18.2. The largest absolute Gasteiger partial charge is 0.494 e. The Morgan fingerprint density at radius 3 is 2.33 bits per heavy atom. The van der Waals surface area contributed by atoms with Crippen molar-refractivity contribution in [3.05, 3.63) is 29.8 Å². The molecule has 1 aromatic rings. The number of nitrogens with one attached hydrogen (secondary N) is 1. The highest BCUT2D eigenvalue weighted by atomic mass is 16.6. The highest BCUT2D eigenvalue weighted by Crippen LogP contribution is 2.14. The van der Waals surface area contributed by atoms with Crippen LogP contribution < -0.4 is 10.1 Å². The van der Waals surface area contributed by atoms with Gasteiger partial charge < -0.3 is 19.9 Å². The Labute approximate surface area is 143 Å². The van der Waals surface area contributed by atoms with Gasteiger partial charge in [-0.3, -0.25) is 0 Å². The van der Waals surface area contributed by atoms with Gasteiger partial charge in [-0.15, -0.1) is 0 Å². The molecule has 0 aromatic heterocycles. The number of hydrogen-bond donors (Lipinski definition) is 2. The van der Waals surface area contributed by atoms with Crippen molar-refractivity contribution in [3.8, 4) is 5.75 Å². The molecule has 0 aliphatic rings. The number of carboxylic acid groups (broad SMARTS) is 1. The molecule has 24 heavy (non-hydrogen) atoms.